The van der Waals surface area contributed by atoms with Crippen LogP contribution in [0.25, 0.3) is 0 Å². The van der Waals surface area contributed by atoms with E-state index in [9.17, 15) is 0 Å². The van der Waals surface area contributed by atoms with Crippen molar-refractivity contribution in [1.82, 2.24) is 0 Å². The highest BCUT2D eigenvalue weighted by Gasteiger charge is 2.62. The Morgan fingerprint density at radius 2 is 1.44 bits per heavy atom. The van der Waals surface area contributed by atoms with Gasteiger partial charge in [-0.15, -0.1) is 11.8 Å². The van der Waals surface area contributed by atoms with Crippen molar-refractivity contribution in [1.29, 1.82) is 0 Å². The molecule has 298 valence electrons. The standard InChI is InChI=1S/C45H82O3SSi3/c1-19-34-25-27-37-36-26-24-35-32-45(48-51(17,18)41(8,9)10,49-31-23-29-42(11,12)47-52(20-2,21-3)22-4)33-39(46-50(15,16)40(5,6)7)44(35,14)38(36)28-30-43(34,37)13/h23-26,29,37-39H,19-22,27-28,30-33H2,1-18H3/t37-,38-,39-,43+,44-,45-/m0/s1. The molecule has 0 unspecified atom stereocenters. The molecule has 2 saturated carbocycles. The van der Waals surface area contributed by atoms with Crippen molar-refractivity contribution in [2.75, 3.05) is 5.75 Å². The molecule has 0 heterocycles. The molecule has 6 atom stereocenters. The van der Waals surface area contributed by atoms with Gasteiger partial charge in [-0.25, -0.2) is 0 Å². The van der Waals surface area contributed by atoms with Crippen LogP contribution in [0.1, 0.15) is 135 Å². The maximum Gasteiger partial charge on any atom is 0.193 e. The fourth-order valence-corrected chi connectivity index (χ4v) is 17.6. The lowest BCUT2D eigenvalue weighted by Crippen LogP contribution is -2.61. The minimum Gasteiger partial charge on any atom is -0.413 e. The van der Waals surface area contributed by atoms with Gasteiger partial charge in [-0.1, -0.05) is 130 Å². The first-order valence-corrected chi connectivity index (χ1v) is 30.5. The molecule has 0 spiro atoms. The SMILES string of the molecule is CCC1=CC[C@H]2C3=CC=C4C[C@](O[Si](C)(C)C(C)(C)C)(SCC=CC(C)(C)O[Si](CC)(CC)CC)C[C@H](O[Si](C)(C)C(C)(C)C)[C@]4(C)[C@H]3CC[C@]12C. The zero-order chi connectivity index (χ0) is 39.4. The first-order valence-electron chi connectivity index (χ1n) is 21.2. The molecule has 2 fully saturated rings. The highest BCUT2D eigenvalue weighted by atomic mass is 32.2. The van der Waals surface area contributed by atoms with Gasteiger partial charge in [0.25, 0.3) is 0 Å². The van der Waals surface area contributed by atoms with Crippen molar-refractivity contribution in [2.45, 2.75) is 206 Å². The highest BCUT2D eigenvalue weighted by molar-refractivity contribution is 8.00. The number of fused-ring (bicyclic) bond motifs is 5. The Labute approximate surface area is 330 Å². The van der Waals surface area contributed by atoms with Crippen LogP contribution in [-0.4, -0.2) is 47.3 Å². The van der Waals surface area contributed by atoms with E-state index in [4.69, 9.17) is 13.3 Å². The van der Waals surface area contributed by atoms with Gasteiger partial charge in [0.1, 0.15) is 4.93 Å². The van der Waals surface area contributed by atoms with Gasteiger partial charge in [-0.2, -0.15) is 0 Å². The number of hydrogen-bond acceptors (Lipinski definition) is 4. The largest absolute Gasteiger partial charge is 0.413 e. The first kappa shape index (κ1) is 44.6. The van der Waals surface area contributed by atoms with E-state index in [1.165, 1.54) is 43.8 Å². The molecule has 4 aliphatic carbocycles. The summed E-state index contributed by atoms with van der Waals surface area (Å²) in [5.74, 6) is 2.06. The molecule has 0 aliphatic heterocycles. The molecule has 0 amide bonds. The van der Waals surface area contributed by atoms with Crippen LogP contribution in [-0.2, 0) is 13.3 Å². The maximum absolute atomic E-state index is 7.80. The van der Waals surface area contributed by atoms with E-state index in [-0.39, 0.29) is 32.1 Å². The van der Waals surface area contributed by atoms with Crippen LogP contribution in [0, 0.1) is 22.7 Å². The summed E-state index contributed by atoms with van der Waals surface area (Å²) in [6, 6.07) is 3.52. The minimum absolute atomic E-state index is 0.0309. The van der Waals surface area contributed by atoms with Gasteiger partial charge in [0, 0.05) is 24.0 Å². The van der Waals surface area contributed by atoms with E-state index in [1.807, 2.05) is 11.8 Å². The Morgan fingerprint density at radius 3 is 1.98 bits per heavy atom. The quantitative estimate of drug-likeness (QED) is 0.0996. The minimum atomic E-state index is -2.15. The molecule has 0 N–H and O–H groups in total. The molecule has 3 nitrogen and oxygen atoms in total. The zero-order valence-electron chi connectivity index (χ0n) is 37.3. The second kappa shape index (κ2) is 15.3. The Morgan fingerprint density at radius 1 is 0.846 bits per heavy atom. The molecule has 0 saturated heterocycles. The van der Waals surface area contributed by atoms with Crippen LogP contribution >= 0.6 is 11.8 Å². The molecule has 0 bridgehead atoms. The molecule has 0 radical (unpaired) electrons. The van der Waals surface area contributed by atoms with Crippen LogP contribution < -0.4 is 0 Å². The first-order chi connectivity index (χ1) is 23.7. The summed E-state index contributed by atoms with van der Waals surface area (Å²) in [7, 11) is -6.00. The Hall–Kier alpha value is -0.159. The second-order valence-electron chi connectivity index (χ2n) is 21.2. The average Bonchev–Trinajstić information content (AvgIpc) is 3.37. The van der Waals surface area contributed by atoms with Crippen LogP contribution in [0.5, 0.6) is 0 Å². The maximum atomic E-state index is 7.80. The van der Waals surface area contributed by atoms with Crippen LogP contribution in [0.2, 0.25) is 54.4 Å². The molecular formula is C45H82O3SSi3. The lowest BCUT2D eigenvalue weighted by molar-refractivity contribution is -0.0487. The van der Waals surface area contributed by atoms with Crippen molar-refractivity contribution in [3.05, 3.63) is 47.1 Å². The third-order valence-corrected chi connectivity index (χ3v) is 30.9. The van der Waals surface area contributed by atoms with Crippen molar-refractivity contribution in [2.24, 2.45) is 22.7 Å². The summed E-state index contributed by atoms with van der Waals surface area (Å²) >= 11 is 2.05. The zero-order valence-corrected chi connectivity index (χ0v) is 41.1. The van der Waals surface area contributed by atoms with Gasteiger partial charge < -0.3 is 13.3 Å². The molecule has 0 aromatic heterocycles. The van der Waals surface area contributed by atoms with Gasteiger partial charge in [-0.05, 0) is 111 Å². The molecule has 0 aromatic rings. The van der Waals surface area contributed by atoms with Gasteiger partial charge in [0.05, 0.1) is 11.7 Å². The Bertz CT molecular complexity index is 1400. The van der Waals surface area contributed by atoms with Crippen LogP contribution in [0.4, 0.5) is 0 Å². The Balaban J connectivity index is 1.79. The summed E-state index contributed by atoms with van der Waals surface area (Å²) in [4.78, 5) is -0.343. The Kier molecular flexibility index (Phi) is 13.1. The smallest absolute Gasteiger partial charge is 0.193 e. The third-order valence-electron chi connectivity index (χ3n) is 15.6. The number of rotatable bonds is 14. The summed E-state index contributed by atoms with van der Waals surface area (Å²) in [5.41, 5.74) is 5.00. The summed E-state index contributed by atoms with van der Waals surface area (Å²) < 4.78 is 22.6. The predicted molar refractivity (Wildman–Crippen MR) is 238 cm³/mol. The van der Waals surface area contributed by atoms with E-state index < -0.39 is 25.0 Å². The normalized spacial score (nSPS) is 31.9. The van der Waals surface area contributed by atoms with Gasteiger partial charge in [-0.3, -0.25) is 0 Å². The van der Waals surface area contributed by atoms with Crippen LogP contribution in [0.3, 0.4) is 0 Å². The van der Waals surface area contributed by atoms with Gasteiger partial charge in [0.2, 0.25) is 0 Å². The van der Waals surface area contributed by atoms with E-state index in [0.29, 0.717) is 17.3 Å². The molecular weight excluding hydrogens is 705 g/mol. The lowest BCUT2D eigenvalue weighted by Gasteiger charge is -2.61. The van der Waals surface area contributed by atoms with Crippen molar-refractivity contribution < 1.29 is 13.3 Å². The monoisotopic (exact) mass is 787 g/mol. The lowest BCUT2D eigenvalue weighted by atomic mass is 9.49. The predicted octanol–water partition coefficient (Wildman–Crippen LogP) is 14.6. The van der Waals surface area contributed by atoms with E-state index in [2.05, 4.69) is 154 Å². The van der Waals surface area contributed by atoms with E-state index >= 15 is 0 Å². The van der Waals surface area contributed by atoms with E-state index in [1.54, 1.807) is 16.7 Å². The molecule has 0 aromatic carbocycles. The van der Waals surface area contributed by atoms with Crippen molar-refractivity contribution in [3.63, 3.8) is 0 Å². The van der Waals surface area contributed by atoms with Crippen LogP contribution in [0.15, 0.2) is 47.1 Å². The van der Waals surface area contributed by atoms with Gasteiger partial charge >= 0.3 is 0 Å². The number of thioether (sulfide) groups is 1. The number of hydrogen-bond donors (Lipinski definition) is 0. The molecule has 4 rings (SSSR count). The summed E-state index contributed by atoms with van der Waals surface area (Å²) in [6.07, 6.45) is 19.5. The summed E-state index contributed by atoms with van der Waals surface area (Å²) in [5, 5.41) is 0.248. The van der Waals surface area contributed by atoms with Crippen molar-refractivity contribution in [3.8, 4) is 0 Å². The van der Waals surface area contributed by atoms with E-state index in [0.717, 1.165) is 18.6 Å². The topological polar surface area (TPSA) is 27.7 Å². The van der Waals surface area contributed by atoms with Crippen molar-refractivity contribution >= 4 is 36.7 Å². The fourth-order valence-electron chi connectivity index (χ4n) is 9.86. The molecule has 4 aliphatic rings. The summed E-state index contributed by atoms with van der Waals surface area (Å²) in [6.45, 7) is 43.3. The molecule has 7 heteroatoms. The average molecular weight is 787 g/mol. The highest BCUT2D eigenvalue weighted by Crippen LogP contribution is 2.67. The number of allylic oxidation sites excluding steroid dienone is 5. The second-order valence-corrected chi connectivity index (χ2v) is 36.7. The fraction of sp³-hybridized carbons (Fsp3) is 0.822. The third kappa shape index (κ3) is 8.42. The van der Waals surface area contributed by atoms with Gasteiger partial charge in [0.15, 0.2) is 25.0 Å². The molecule has 52 heavy (non-hydrogen) atoms.